The number of halogens is 1. The molecule has 1 aliphatic heterocycles. The maximum Gasteiger partial charge on any atom is 0.346 e. The highest BCUT2D eigenvalue weighted by Crippen LogP contribution is 2.29. The van der Waals surface area contributed by atoms with Gasteiger partial charge in [-0.1, -0.05) is 46.3 Å². The van der Waals surface area contributed by atoms with Crippen LogP contribution in [0.4, 0.5) is 4.79 Å². The van der Waals surface area contributed by atoms with E-state index in [1.807, 2.05) is 24.3 Å². The zero-order chi connectivity index (χ0) is 18.0. The number of amides is 3. The molecule has 1 saturated heterocycles. The lowest BCUT2D eigenvalue weighted by Crippen LogP contribution is -2.40. The van der Waals surface area contributed by atoms with Gasteiger partial charge in [0.25, 0.3) is 5.91 Å². The van der Waals surface area contributed by atoms with E-state index in [2.05, 4.69) is 26.3 Å². The van der Waals surface area contributed by atoms with Gasteiger partial charge >= 0.3 is 6.03 Å². The topological polar surface area (TPSA) is 71.0 Å². The normalized spacial score (nSPS) is 20.2. The average Bonchev–Trinajstić information content (AvgIpc) is 2.84. The minimum Gasteiger partial charge on any atom is -0.496 e. The summed E-state index contributed by atoms with van der Waals surface area (Å²) in [5.41, 5.74) is 0.203. The third-order valence-electron chi connectivity index (χ3n) is 4.02. The van der Waals surface area contributed by atoms with E-state index in [1.165, 1.54) is 6.21 Å². The van der Waals surface area contributed by atoms with Gasteiger partial charge in [0, 0.05) is 10.0 Å². The number of hydrazone groups is 1. The molecular formula is C18H16BrN3O3. The first-order chi connectivity index (χ1) is 12.0. The molecule has 3 rings (SSSR count). The van der Waals surface area contributed by atoms with Crippen molar-refractivity contribution in [3.8, 4) is 5.75 Å². The molecule has 0 spiro atoms. The number of nitrogens with one attached hydrogen (secondary N) is 1. The fourth-order valence-electron chi connectivity index (χ4n) is 2.62. The molecular weight excluding hydrogens is 386 g/mol. The molecule has 0 aliphatic carbocycles. The predicted molar refractivity (Wildman–Crippen MR) is 97.5 cm³/mol. The largest absolute Gasteiger partial charge is 0.496 e. The molecule has 1 atom stereocenters. The first-order valence-electron chi connectivity index (χ1n) is 7.55. The van der Waals surface area contributed by atoms with E-state index < -0.39 is 17.5 Å². The third kappa shape index (κ3) is 3.15. The number of carbonyl (C=O) groups is 2. The van der Waals surface area contributed by atoms with Crippen molar-refractivity contribution in [2.75, 3.05) is 7.11 Å². The summed E-state index contributed by atoms with van der Waals surface area (Å²) < 4.78 is 6.10. The number of hydrogen-bond acceptors (Lipinski definition) is 4. The number of rotatable bonds is 4. The van der Waals surface area contributed by atoms with Crippen LogP contribution >= 0.6 is 15.9 Å². The molecule has 1 aliphatic rings. The highest BCUT2D eigenvalue weighted by Gasteiger charge is 2.49. The molecule has 1 heterocycles. The fourth-order valence-corrected chi connectivity index (χ4v) is 3.00. The van der Waals surface area contributed by atoms with E-state index in [1.54, 1.807) is 38.3 Å². The summed E-state index contributed by atoms with van der Waals surface area (Å²) in [6.45, 7) is 1.66. The van der Waals surface area contributed by atoms with Crippen LogP contribution in [0, 0.1) is 0 Å². The number of nitrogens with zero attached hydrogens (tertiary/aromatic N) is 2. The second-order valence-electron chi connectivity index (χ2n) is 5.67. The Morgan fingerprint density at radius 1 is 1.20 bits per heavy atom. The molecule has 1 N–H and O–H groups in total. The van der Waals surface area contributed by atoms with E-state index in [9.17, 15) is 9.59 Å². The summed E-state index contributed by atoms with van der Waals surface area (Å²) >= 11 is 3.37. The Kier molecular flexibility index (Phi) is 4.59. The van der Waals surface area contributed by atoms with Crippen LogP contribution in [0.25, 0.3) is 0 Å². The van der Waals surface area contributed by atoms with Crippen molar-refractivity contribution in [1.82, 2.24) is 10.3 Å². The summed E-state index contributed by atoms with van der Waals surface area (Å²) in [5, 5.41) is 7.62. The van der Waals surface area contributed by atoms with Gasteiger partial charge in [-0.05, 0) is 30.7 Å². The Morgan fingerprint density at radius 2 is 1.92 bits per heavy atom. The molecule has 25 heavy (non-hydrogen) atoms. The molecule has 0 saturated carbocycles. The van der Waals surface area contributed by atoms with Crippen molar-refractivity contribution < 1.29 is 14.3 Å². The Labute approximate surface area is 153 Å². The Bertz CT molecular complexity index is 854. The predicted octanol–water partition coefficient (Wildman–Crippen LogP) is 3.26. The van der Waals surface area contributed by atoms with Gasteiger partial charge in [-0.3, -0.25) is 4.79 Å². The van der Waals surface area contributed by atoms with Crippen LogP contribution in [0.15, 0.2) is 58.1 Å². The zero-order valence-electron chi connectivity index (χ0n) is 13.7. The minimum atomic E-state index is -1.14. The summed E-state index contributed by atoms with van der Waals surface area (Å²) in [6.07, 6.45) is 1.43. The third-order valence-corrected chi connectivity index (χ3v) is 4.52. The van der Waals surface area contributed by atoms with Gasteiger partial charge in [0.1, 0.15) is 11.3 Å². The van der Waals surface area contributed by atoms with Gasteiger partial charge in [-0.2, -0.15) is 5.10 Å². The molecule has 0 bridgehead atoms. The van der Waals surface area contributed by atoms with Crippen LogP contribution in [0.3, 0.4) is 0 Å². The molecule has 0 unspecified atom stereocenters. The molecule has 7 heteroatoms. The van der Waals surface area contributed by atoms with Gasteiger partial charge in [-0.15, -0.1) is 5.01 Å². The van der Waals surface area contributed by atoms with E-state index in [-0.39, 0.29) is 0 Å². The SMILES string of the molecule is COc1ccc(Br)cc1/C=N\N1C(=O)N[C@@](C)(c2ccccc2)C1=O. The quantitative estimate of drug-likeness (QED) is 0.631. The fraction of sp³-hybridized carbons (Fsp3) is 0.167. The smallest absolute Gasteiger partial charge is 0.346 e. The van der Waals surface area contributed by atoms with Gasteiger partial charge < -0.3 is 10.1 Å². The van der Waals surface area contributed by atoms with Gasteiger partial charge in [0.15, 0.2) is 0 Å². The molecule has 0 radical (unpaired) electrons. The van der Waals surface area contributed by atoms with E-state index in [0.29, 0.717) is 16.9 Å². The number of hydrogen-bond donors (Lipinski definition) is 1. The van der Waals surface area contributed by atoms with Crippen molar-refractivity contribution >= 4 is 34.1 Å². The first kappa shape index (κ1) is 17.2. The van der Waals surface area contributed by atoms with Crippen molar-refractivity contribution in [2.45, 2.75) is 12.5 Å². The molecule has 1 fully saturated rings. The Morgan fingerprint density at radius 3 is 2.60 bits per heavy atom. The molecule has 2 aromatic rings. The Balaban J connectivity index is 1.91. The van der Waals surface area contributed by atoms with Crippen molar-refractivity contribution in [2.24, 2.45) is 5.10 Å². The minimum absolute atomic E-state index is 0.436. The van der Waals surface area contributed by atoms with Crippen LogP contribution < -0.4 is 10.1 Å². The van der Waals surface area contributed by atoms with Crippen molar-refractivity contribution in [3.05, 3.63) is 64.1 Å². The second kappa shape index (κ2) is 6.68. The van der Waals surface area contributed by atoms with Crippen LogP contribution in [-0.4, -0.2) is 30.3 Å². The summed E-state index contributed by atoms with van der Waals surface area (Å²) in [7, 11) is 1.54. The number of ether oxygens (including phenoxy) is 1. The Hall–Kier alpha value is -2.67. The van der Waals surface area contributed by atoms with Crippen LogP contribution in [0.1, 0.15) is 18.1 Å². The lowest BCUT2D eigenvalue weighted by atomic mass is 9.92. The summed E-state index contributed by atoms with van der Waals surface area (Å²) in [6, 6.07) is 13.9. The monoisotopic (exact) mass is 401 g/mol. The molecule has 128 valence electrons. The lowest BCUT2D eigenvalue weighted by molar-refractivity contribution is -0.131. The van der Waals surface area contributed by atoms with Gasteiger partial charge in [-0.25, -0.2) is 4.79 Å². The van der Waals surface area contributed by atoms with E-state index >= 15 is 0 Å². The van der Waals surface area contributed by atoms with Crippen LogP contribution in [0.2, 0.25) is 0 Å². The first-order valence-corrected chi connectivity index (χ1v) is 8.35. The zero-order valence-corrected chi connectivity index (χ0v) is 15.3. The van der Waals surface area contributed by atoms with Gasteiger partial charge in [0.2, 0.25) is 0 Å². The average molecular weight is 402 g/mol. The number of carbonyl (C=O) groups excluding carboxylic acids is 2. The standard InChI is InChI=1S/C18H16BrN3O3/c1-18(13-6-4-3-5-7-13)16(23)22(17(24)21-18)20-11-12-10-14(19)8-9-15(12)25-2/h3-11H,1-2H3,(H,21,24)/b20-11-/t18-/m0/s1. The number of urea groups is 1. The molecule has 0 aromatic heterocycles. The molecule has 2 aromatic carbocycles. The van der Waals surface area contributed by atoms with Crippen LogP contribution in [0.5, 0.6) is 5.75 Å². The molecule has 6 nitrogen and oxygen atoms in total. The highest BCUT2D eigenvalue weighted by molar-refractivity contribution is 9.10. The highest BCUT2D eigenvalue weighted by atomic mass is 79.9. The molecule has 3 amide bonds. The maximum atomic E-state index is 12.8. The lowest BCUT2D eigenvalue weighted by Gasteiger charge is -2.20. The number of imide groups is 1. The van der Waals surface area contributed by atoms with Crippen LogP contribution in [-0.2, 0) is 10.3 Å². The van der Waals surface area contributed by atoms with E-state index in [4.69, 9.17) is 4.74 Å². The number of methoxy groups -OCH3 is 1. The van der Waals surface area contributed by atoms with Crippen molar-refractivity contribution in [1.29, 1.82) is 0 Å². The summed E-state index contributed by atoms with van der Waals surface area (Å²) in [5.74, 6) is 0.152. The second-order valence-corrected chi connectivity index (χ2v) is 6.58. The maximum absolute atomic E-state index is 12.8. The van der Waals surface area contributed by atoms with Crippen molar-refractivity contribution in [3.63, 3.8) is 0 Å². The van der Waals surface area contributed by atoms with E-state index in [0.717, 1.165) is 9.48 Å². The van der Waals surface area contributed by atoms with Gasteiger partial charge in [0.05, 0.1) is 13.3 Å². The number of benzene rings is 2. The summed E-state index contributed by atoms with van der Waals surface area (Å²) in [4.78, 5) is 25.0.